The van der Waals surface area contributed by atoms with E-state index in [4.69, 9.17) is 0 Å². The first-order valence-corrected chi connectivity index (χ1v) is 21.1. The molecule has 0 atom stereocenters. The van der Waals surface area contributed by atoms with Crippen molar-refractivity contribution in [1.29, 1.82) is 0 Å². The van der Waals surface area contributed by atoms with Crippen molar-refractivity contribution in [2.45, 2.75) is 237 Å². The van der Waals surface area contributed by atoms with Gasteiger partial charge >= 0.3 is 7.60 Å². The SMILES string of the molecule is CCCCCCCCCCCCCCCCCCC(C=O)(CCCCCCCCCCCCCCCCCC)P(=O)(O)O. The molecule has 0 radical (unpaired) electrons. The fourth-order valence-electron chi connectivity index (χ4n) is 6.56. The number of carbonyl (C=O) groups is 1. The van der Waals surface area contributed by atoms with Gasteiger partial charge in [-0.15, -0.1) is 0 Å². The lowest BCUT2D eigenvalue weighted by atomic mass is 9.94. The van der Waals surface area contributed by atoms with Crippen molar-refractivity contribution in [2.75, 3.05) is 0 Å². The Kier molecular flexibility index (Phi) is 31.7. The molecule has 0 fully saturated rings. The van der Waals surface area contributed by atoms with Gasteiger partial charge in [0.05, 0.1) is 0 Å². The second kappa shape index (κ2) is 31.8. The minimum atomic E-state index is -4.45. The van der Waals surface area contributed by atoms with Gasteiger partial charge in [-0.1, -0.05) is 219 Å². The number of hydrogen-bond acceptors (Lipinski definition) is 2. The van der Waals surface area contributed by atoms with Crippen molar-refractivity contribution < 1.29 is 19.1 Å². The fourth-order valence-corrected chi connectivity index (χ4v) is 7.60. The van der Waals surface area contributed by atoms with Gasteiger partial charge in [-0.3, -0.25) is 4.57 Å². The van der Waals surface area contributed by atoms with E-state index < -0.39 is 12.8 Å². The summed E-state index contributed by atoms with van der Waals surface area (Å²) in [6.07, 6.45) is 42.0. The zero-order valence-corrected chi connectivity index (χ0v) is 30.2. The lowest BCUT2D eigenvalue weighted by Gasteiger charge is -2.29. The molecule has 0 saturated carbocycles. The van der Waals surface area contributed by atoms with Crippen molar-refractivity contribution in [1.82, 2.24) is 0 Å². The van der Waals surface area contributed by atoms with Crippen LogP contribution in [0, 0.1) is 0 Å². The third-order valence-electron chi connectivity index (χ3n) is 9.73. The molecule has 0 rings (SSSR count). The second-order valence-corrected chi connectivity index (χ2v) is 15.9. The minimum Gasteiger partial charge on any atom is -0.324 e. The Morgan fingerprint density at radius 1 is 0.395 bits per heavy atom. The van der Waals surface area contributed by atoms with Crippen LogP contribution >= 0.6 is 7.60 Å². The van der Waals surface area contributed by atoms with Crippen LogP contribution in [0.25, 0.3) is 0 Å². The number of rotatable bonds is 36. The molecule has 0 saturated heterocycles. The van der Waals surface area contributed by atoms with E-state index in [0.717, 1.165) is 38.5 Å². The minimum absolute atomic E-state index is 0.331. The number of hydrogen-bond donors (Lipinski definition) is 2. The summed E-state index contributed by atoms with van der Waals surface area (Å²) >= 11 is 0. The summed E-state index contributed by atoms with van der Waals surface area (Å²) in [7, 11) is -4.45. The molecule has 0 aliphatic carbocycles. The first-order chi connectivity index (χ1) is 20.9. The Morgan fingerprint density at radius 3 is 0.744 bits per heavy atom. The maximum Gasteiger partial charge on any atom is 0.338 e. The van der Waals surface area contributed by atoms with E-state index in [1.807, 2.05) is 0 Å². The van der Waals surface area contributed by atoms with Crippen molar-refractivity contribution in [2.24, 2.45) is 0 Å². The van der Waals surface area contributed by atoms with E-state index in [1.165, 1.54) is 167 Å². The number of unbranched alkanes of at least 4 members (excludes halogenated alkanes) is 30. The first-order valence-electron chi connectivity index (χ1n) is 19.5. The Bertz CT molecular complexity index is 581. The average molecular weight is 629 g/mol. The standard InChI is InChI=1S/C38H77O4P/c1-3-5-7-9-11-13-15-17-19-21-23-25-27-29-31-33-35-38(37-39,43(40,41)42)36-34-32-30-28-26-24-22-20-18-16-14-12-10-8-6-4-2/h37H,3-36H2,1-2H3,(H2,40,41,42). The van der Waals surface area contributed by atoms with Crippen molar-refractivity contribution in [3.63, 3.8) is 0 Å². The summed E-state index contributed by atoms with van der Waals surface area (Å²) in [5, 5.41) is -1.46. The Labute approximate surface area is 269 Å². The van der Waals surface area contributed by atoms with Crippen LogP contribution < -0.4 is 0 Å². The van der Waals surface area contributed by atoms with Gasteiger partial charge < -0.3 is 14.6 Å². The molecule has 0 amide bonds. The summed E-state index contributed by atoms with van der Waals surface area (Å²) in [5.74, 6) is 0. The maximum absolute atomic E-state index is 12.3. The molecule has 5 heteroatoms. The highest BCUT2D eigenvalue weighted by Gasteiger charge is 2.45. The van der Waals surface area contributed by atoms with Crippen LogP contribution in [-0.2, 0) is 9.36 Å². The van der Waals surface area contributed by atoms with Gasteiger partial charge in [0.2, 0.25) is 0 Å². The predicted octanol–water partition coefficient (Wildman–Crippen LogP) is 13.4. The molecule has 0 aliphatic heterocycles. The highest BCUT2D eigenvalue weighted by Crippen LogP contribution is 2.54. The topological polar surface area (TPSA) is 74.6 Å². The van der Waals surface area contributed by atoms with Gasteiger partial charge in [0, 0.05) is 0 Å². The zero-order chi connectivity index (χ0) is 31.7. The Hall–Kier alpha value is -0.180. The summed E-state index contributed by atoms with van der Waals surface area (Å²) in [6, 6.07) is 0. The molecule has 2 N–H and O–H groups in total. The lowest BCUT2D eigenvalue weighted by molar-refractivity contribution is -0.110. The quantitative estimate of drug-likeness (QED) is 0.0411. The molecule has 0 unspecified atom stereocenters. The van der Waals surface area contributed by atoms with E-state index >= 15 is 0 Å². The molecule has 43 heavy (non-hydrogen) atoms. The first kappa shape index (κ1) is 42.8. The largest absolute Gasteiger partial charge is 0.338 e. The third-order valence-corrected chi connectivity index (χ3v) is 11.4. The molecule has 0 spiro atoms. The number of aldehydes is 1. The van der Waals surface area contributed by atoms with E-state index in [2.05, 4.69) is 13.8 Å². The summed E-state index contributed by atoms with van der Waals surface area (Å²) < 4.78 is 12.3. The molecule has 0 aromatic rings. The van der Waals surface area contributed by atoms with Gasteiger partial charge in [0.15, 0.2) is 0 Å². The van der Waals surface area contributed by atoms with Gasteiger partial charge in [-0.05, 0) is 12.8 Å². The van der Waals surface area contributed by atoms with Crippen LogP contribution in [0.15, 0.2) is 0 Å². The summed E-state index contributed by atoms with van der Waals surface area (Å²) in [6.45, 7) is 4.54. The molecular weight excluding hydrogens is 551 g/mol. The Morgan fingerprint density at radius 2 is 0.581 bits per heavy atom. The van der Waals surface area contributed by atoms with Gasteiger partial charge in [-0.25, -0.2) is 0 Å². The van der Waals surface area contributed by atoms with Crippen molar-refractivity contribution in [3.05, 3.63) is 0 Å². The van der Waals surface area contributed by atoms with Crippen LogP contribution in [-0.4, -0.2) is 21.2 Å². The van der Waals surface area contributed by atoms with Crippen molar-refractivity contribution >= 4 is 13.9 Å². The highest BCUT2D eigenvalue weighted by molar-refractivity contribution is 7.54. The molecule has 0 aromatic carbocycles. The molecule has 0 heterocycles. The van der Waals surface area contributed by atoms with Gasteiger partial charge in [0.1, 0.15) is 11.4 Å². The van der Waals surface area contributed by atoms with Gasteiger partial charge in [-0.2, -0.15) is 0 Å². The predicted molar refractivity (Wildman–Crippen MR) is 189 cm³/mol. The average Bonchev–Trinajstić information content (AvgIpc) is 2.99. The number of carbonyl (C=O) groups excluding carboxylic acids is 1. The summed E-state index contributed by atoms with van der Waals surface area (Å²) in [4.78, 5) is 32.1. The normalized spacial score (nSPS) is 12.3. The lowest BCUT2D eigenvalue weighted by Crippen LogP contribution is -2.31. The smallest absolute Gasteiger partial charge is 0.324 e. The third kappa shape index (κ3) is 26.7. The van der Waals surface area contributed by atoms with Crippen LogP contribution in [0.1, 0.15) is 232 Å². The van der Waals surface area contributed by atoms with Crippen LogP contribution in [0.4, 0.5) is 0 Å². The molecule has 0 aliphatic rings. The summed E-state index contributed by atoms with van der Waals surface area (Å²) in [5.41, 5.74) is 0. The molecule has 0 bridgehead atoms. The van der Waals surface area contributed by atoms with Crippen molar-refractivity contribution in [3.8, 4) is 0 Å². The zero-order valence-electron chi connectivity index (χ0n) is 29.3. The monoisotopic (exact) mass is 629 g/mol. The van der Waals surface area contributed by atoms with Crippen LogP contribution in [0.2, 0.25) is 0 Å². The van der Waals surface area contributed by atoms with E-state index in [0.29, 0.717) is 19.1 Å². The van der Waals surface area contributed by atoms with E-state index in [9.17, 15) is 19.1 Å². The van der Waals surface area contributed by atoms with E-state index in [1.54, 1.807) is 0 Å². The highest BCUT2D eigenvalue weighted by atomic mass is 31.2. The van der Waals surface area contributed by atoms with Gasteiger partial charge in [0.25, 0.3) is 0 Å². The fraction of sp³-hybridized carbons (Fsp3) is 0.974. The van der Waals surface area contributed by atoms with E-state index in [-0.39, 0.29) is 0 Å². The van der Waals surface area contributed by atoms with Crippen LogP contribution in [0.5, 0.6) is 0 Å². The Balaban J connectivity index is 3.77. The second-order valence-electron chi connectivity index (χ2n) is 13.9. The molecule has 0 aromatic heterocycles. The maximum atomic E-state index is 12.3. The molecular formula is C38H77O4P. The van der Waals surface area contributed by atoms with Crippen LogP contribution in [0.3, 0.4) is 0 Å². The molecule has 258 valence electrons. The molecule has 4 nitrogen and oxygen atoms in total.